The normalized spacial score (nSPS) is 13.4. The average Bonchev–Trinajstić information content (AvgIpc) is 3.55. The van der Waals surface area contributed by atoms with Gasteiger partial charge in [-0.25, -0.2) is 0 Å². The topological polar surface area (TPSA) is 188 Å². The summed E-state index contributed by atoms with van der Waals surface area (Å²) in [7, 11) is 0. The van der Waals surface area contributed by atoms with Crippen molar-refractivity contribution in [3.05, 3.63) is 72.1 Å². The summed E-state index contributed by atoms with van der Waals surface area (Å²) in [5, 5.41) is 10.1. The van der Waals surface area contributed by atoms with Gasteiger partial charge in [-0.05, 0) is 49.1 Å². The maximum atomic E-state index is 13.6. The zero-order valence-electron chi connectivity index (χ0n) is 23.0. The standard InChI is InChI=1S/C30H37N7O4/c1-18(38)35-26(14-19-16-33-23-10-4-2-8-21(19)23)29(40)37-27(15-20-17-34-24-11-5-3-9-22(20)24)30(41)36-25(28(32)39)12-6-7-13-31/h2-5,8-11,16-17,25-27,33-34H,6-7,12-15,31H2,1H3,(H2,32,39)(H,35,38)(H,36,41)(H,37,40)/t25-,26+,27+/m0/s1. The van der Waals surface area contributed by atoms with Crippen LogP contribution in [0.5, 0.6) is 0 Å². The Balaban J connectivity index is 1.58. The van der Waals surface area contributed by atoms with E-state index in [0.717, 1.165) is 32.9 Å². The quantitative estimate of drug-likeness (QED) is 0.115. The second-order valence-corrected chi connectivity index (χ2v) is 10.2. The van der Waals surface area contributed by atoms with E-state index < -0.39 is 35.8 Å². The number of rotatable bonds is 14. The molecule has 41 heavy (non-hydrogen) atoms. The monoisotopic (exact) mass is 559 g/mol. The van der Waals surface area contributed by atoms with Gasteiger partial charge < -0.3 is 37.4 Å². The number of amides is 4. The van der Waals surface area contributed by atoms with Crippen LogP contribution < -0.4 is 27.4 Å². The molecule has 0 aliphatic rings. The van der Waals surface area contributed by atoms with Crippen molar-refractivity contribution in [1.29, 1.82) is 0 Å². The maximum Gasteiger partial charge on any atom is 0.243 e. The molecule has 0 saturated carbocycles. The van der Waals surface area contributed by atoms with Crippen LogP contribution in [0.15, 0.2) is 60.9 Å². The smallest absolute Gasteiger partial charge is 0.243 e. The summed E-state index contributed by atoms with van der Waals surface area (Å²) >= 11 is 0. The summed E-state index contributed by atoms with van der Waals surface area (Å²) in [4.78, 5) is 57.8. The van der Waals surface area contributed by atoms with Crippen LogP contribution in [0.1, 0.15) is 37.3 Å². The Morgan fingerprint density at radius 1 is 0.732 bits per heavy atom. The SMILES string of the molecule is CC(=O)N[C@H](Cc1c[nH]c2ccccc12)C(=O)N[C@H](Cc1c[nH]c2ccccc12)C(=O)N[C@@H](CCCCN)C(N)=O. The van der Waals surface area contributed by atoms with Gasteiger partial charge in [-0.3, -0.25) is 19.2 Å². The van der Waals surface area contributed by atoms with Gasteiger partial charge in [0.2, 0.25) is 23.6 Å². The minimum absolute atomic E-state index is 0.149. The fourth-order valence-corrected chi connectivity index (χ4v) is 5.03. The number of hydrogen-bond donors (Lipinski definition) is 7. The molecule has 4 amide bonds. The maximum absolute atomic E-state index is 13.6. The first kappa shape index (κ1) is 29.3. The minimum Gasteiger partial charge on any atom is -0.368 e. The molecule has 2 heterocycles. The van der Waals surface area contributed by atoms with E-state index in [9.17, 15) is 19.2 Å². The van der Waals surface area contributed by atoms with Crippen LogP contribution in [0.4, 0.5) is 0 Å². The van der Waals surface area contributed by atoms with E-state index in [0.29, 0.717) is 25.8 Å². The Morgan fingerprint density at radius 3 is 1.71 bits per heavy atom. The molecule has 0 radical (unpaired) electrons. The fraction of sp³-hybridized carbons (Fsp3) is 0.333. The molecular weight excluding hydrogens is 522 g/mol. The molecule has 0 unspecified atom stereocenters. The van der Waals surface area contributed by atoms with E-state index in [2.05, 4.69) is 25.9 Å². The van der Waals surface area contributed by atoms with Gasteiger partial charge >= 0.3 is 0 Å². The molecule has 4 rings (SSSR count). The van der Waals surface area contributed by atoms with Gasteiger partial charge in [0, 0.05) is 54.0 Å². The van der Waals surface area contributed by atoms with Crippen LogP contribution in [0.3, 0.4) is 0 Å². The van der Waals surface area contributed by atoms with Crippen LogP contribution in [-0.4, -0.2) is 58.3 Å². The molecule has 0 saturated heterocycles. The number of hydrogen-bond acceptors (Lipinski definition) is 5. The fourth-order valence-electron chi connectivity index (χ4n) is 5.03. The zero-order chi connectivity index (χ0) is 29.4. The third-order valence-electron chi connectivity index (χ3n) is 7.13. The summed E-state index contributed by atoms with van der Waals surface area (Å²) in [5.74, 6) is -2.11. The summed E-state index contributed by atoms with van der Waals surface area (Å²) < 4.78 is 0. The molecule has 0 fully saturated rings. The van der Waals surface area contributed by atoms with Crippen LogP contribution in [0, 0.1) is 0 Å². The minimum atomic E-state index is -1.04. The number of nitrogens with one attached hydrogen (secondary N) is 5. The van der Waals surface area contributed by atoms with Crippen LogP contribution >= 0.6 is 0 Å². The molecule has 0 aliphatic carbocycles. The Morgan fingerprint density at radius 2 is 1.22 bits per heavy atom. The Bertz CT molecular complexity index is 1530. The number of aromatic nitrogens is 2. The van der Waals surface area contributed by atoms with Gasteiger partial charge in [0.1, 0.15) is 18.1 Å². The highest BCUT2D eigenvalue weighted by atomic mass is 16.2. The largest absolute Gasteiger partial charge is 0.368 e. The van der Waals surface area contributed by atoms with Crippen LogP contribution in [0.2, 0.25) is 0 Å². The van der Waals surface area contributed by atoms with E-state index in [1.54, 1.807) is 6.20 Å². The molecule has 2 aromatic carbocycles. The number of fused-ring (bicyclic) bond motifs is 2. The lowest BCUT2D eigenvalue weighted by molar-refractivity contribution is -0.133. The molecule has 3 atom stereocenters. The van der Waals surface area contributed by atoms with E-state index >= 15 is 0 Å². The third kappa shape index (κ3) is 7.52. The number of para-hydroxylation sites is 2. The third-order valence-corrected chi connectivity index (χ3v) is 7.13. The molecule has 2 aromatic heterocycles. The molecule has 4 aromatic rings. The Labute approximate surface area is 237 Å². The lowest BCUT2D eigenvalue weighted by atomic mass is 10.0. The second-order valence-electron chi connectivity index (χ2n) is 10.2. The van der Waals surface area contributed by atoms with Crippen molar-refractivity contribution >= 4 is 45.4 Å². The van der Waals surface area contributed by atoms with Gasteiger partial charge in [0.05, 0.1) is 0 Å². The molecule has 216 valence electrons. The summed E-state index contributed by atoms with van der Waals surface area (Å²) in [6, 6.07) is 12.4. The van der Waals surface area contributed by atoms with Crippen molar-refractivity contribution in [1.82, 2.24) is 25.9 Å². The van der Waals surface area contributed by atoms with Crippen molar-refractivity contribution < 1.29 is 19.2 Å². The van der Waals surface area contributed by atoms with Crippen LogP contribution in [0.25, 0.3) is 21.8 Å². The number of unbranched alkanes of at least 4 members (excludes halogenated alkanes) is 1. The second kappa shape index (κ2) is 13.6. The Hall–Kier alpha value is -4.64. The molecule has 9 N–H and O–H groups in total. The molecule has 11 heteroatoms. The number of primary amides is 1. The van der Waals surface area contributed by atoms with Gasteiger partial charge in [-0.15, -0.1) is 0 Å². The number of benzene rings is 2. The van der Waals surface area contributed by atoms with Crippen molar-refractivity contribution in [2.75, 3.05) is 6.54 Å². The average molecular weight is 560 g/mol. The first-order chi connectivity index (χ1) is 19.8. The van der Waals surface area contributed by atoms with Gasteiger partial charge in [0.25, 0.3) is 0 Å². The zero-order valence-corrected chi connectivity index (χ0v) is 23.0. The number of carbonyl (C=O) groups is 4. The Kier molecular flexibility index (Phi) is 9.75. The van der Waals surface area contributed by atoms with Crippen molar-refractivity contribution in [3.8, 4) is 0 Å². The molecule has 0 spiro atoms. The van der Waals surface area contributed by atoms with Crippen molar-refractivity contribution in [2.45, 2.75) is 57.2 Å². The lowest BCUT2D eigenvalue weighted by Crippen LogP contribution is -2.57. The predicted octanol–water partition coefficient (Wildman–Crippen LogP) is 1.52. The van der Waals surface area contributed by atoms with E-state index in [1.165, 1.54) is 6.92 Å². The van der Waals surface area contributed by atoms with Gasteiger partial charge in [-0.2, -0.15) is 0 Å². The van der Waals surface area contributed by atoms with Crippen molar-refractivity contribution in [2.24, 2.45) is 11.5 Å². The van der Waals surface area contributed by atoms with Gasteiger partial charge in [0.15, 0.2) is 0 Å². The van der Waals surface area contributed by atoms with E-state index in [4.69, 9.17) is 11.5 Å². The number of aromatic amines is 2. The first-order valence-electron chi connectivity index (χ1n) is 13.7. The number of nitrogens with two attached hydrogens (primary N) is 2. The highest BCUT2D eigenvalue weighted by Crippen LogP contribution is 2.21. The molecular formula is C30H37N7O4. The van der Waals surface area contributed by atoms with Gasteiger partial charge in [-0.1, -0.05) is 36.4 Å². The lowest BCUT2D eigenvalue weighted by Gasteiger charge is -2.24. The highest BCUT2D eigenvalue weighted by molar-refractivity contribution is 5.95. The van der Waals surface area contributed by atoms with E-state index in [-0.39, 0.29) is 18.7 Å². The first-order valence-corrected chi connectivity index (χ1v) is 13.7. The van der Waals surface area contributed by atoms with Crippen molar-refractivity contribution in [3.63, 3.8) is 0 Å². The number of H-pyrrole nitrogens is 2. The summed E-state index contributed by atoms with van der Waals surface area (Å²) in [6.07, 6.45) is 5.58. The molecule has 0 bridgehead atoms. The predicted molar refractivity (Wildman–Crippen MR) is 158 cm³/mol. The van der Waals surface area contributed by atoms with E-state index in [1.807, 2.05) is 54.7 Å². The summed E-state index contributed by atoms with van der Waals surface area (Å²) in [5.41, 5.74) is 14.6. The highest BCUT2D eigenvalue weighted by Gasteiger charge is 2.30. The summed E-state index contributed by atoms with van der Waals surface area (Å²) in [6.45, 7) is 1.80. The molecule has 0 aliphatic heterocycles. The van der Waals surface area contributed by atoms with Crippen LogP contribution in [-0.2, 0) is 32.0 Å². The molecule has 11 nitrogen and oxygen atoms in total. The number of carbonyl (C=O) groups excluding carboxylic acids is 4.